The molecule has 8 nitrogen and oxygen atoms in total. The molecule has 0 fully saturated rings. The molecule has 1 atom stereocenters. The Hall–Kier alpha value is -3.38. The van der Waals surface area contributed by atoms with Gasteiger partial charge in [0.15, 0.2) is 6.10 Å². The van der Waals surface area contributed by atoms with Gasteiger partial charge in [-0.3, -0.25) is 14.5 Å². The monoisotopic (exact) mass is 440 g/mol. The van der Waals surface area contributed by atoms with Gasteiger partial charge in [-0.1, -0.05) is 18.6 Å². The molecule has 31 heavy (non-hydrogen) atoms. The van der Waals surface area contributed by atoms with Crippen LogP contribution in [0.5, 0.6) is 5.75 Å². The van der Waals surface area contributed by atoms with Gasteiger partial charge in [-0.2, -0.15) is 5.26 Å². The fourth-order valence-electron chi connectivity index (χ4n) is 3.04. The molecule has 2 aromatic carbocycles. The van der Waals surface area contributed by atoms with E-state index in [0.29, 0.717) is 35.8 Å². The van der Waals surface area contributed by atoms with Crippen molar-refractivity contribution in [3.63, 3.8) is 0 Å². The van der Waals surface area contributed by atoms with E-state index >= 15 is 0 Å². The van der Waals surface area contributed by atoms with E-state index in [1.165, 1.54) is 24.3 Å². The van der Waals surface area contributed by atoms with Crippen LogP contribution in [0, 0.1) is 11.3 Å². The minimum atomic E-state index is -3.73. The first-order valence-electron chi connectivity index (χ1n) is 10.0. The lowest BCUT2D eigenvalue weighted by Gasteiger charge is -2.16. The average Bonchev–Trinajstić information content (AvgIpc) is 3.02. The van der Waals surface area contributed by atoms with E-state index in [9.17, 15) is 13.2 Å². The van der Waals surface area contributed by atoms with Crippen molar-refractivity contribution >= 4 is 27.5 Å². The van der Waals surface area contributed by atoms with Crippen LogP contribution >= 0.6 is 0 Å². The third kappa shape index (κ3) is 6.06. The second-order valence-electron chi connectivity index (χ2n) is 7.13. The number of hydrogen-bond acceptors (Lipinski definition) is 6. The third-order valence-corrected chi connectivity index (χ3v) is 6.14. The molecule has 9 heteroatoms. The molecule has 162 valence electrons. The van der Waals surface area contributed by atoms with Crippen LogP contribution in [-0.4, -0.2) is 32.8 Å². The van der Waals surface area contributed by atoms with Crippen molar-refractivity contribution in [3.05, 3.63) is 54.1 Å². The van der Waals surface area contributed by atoms with Gasteiger partial charge >= 0.3 is 0 Å². The van der Waals surface area contributed by atoms with Gasteiger partial charge in [0.1, 0.15) is 17.7 Å². The summed E-state index contributed by atoms with van der Waals surface area (Å²) in [7, 11) is -3.73. The van der Waals surface area contributed by atoms with E-state index in [2.05, 4.69) is 15.0 Å². The lowest BCUT2D eigenvalue weighted by Crippen LogP contribution is -2.31. The molecule has 0 spiro atoms. The summed E-state index contributed by atoms with van der Waals surface area (Å²) in [5.41, 5.74) is 0.766. The molecule has 1 aliphatic heterocycles. The maximum absolute atomic E-state index is 12.6. The number of ether oxygens (including phenoxy) is 1. The second kappa shape index (κ2) is 10.1. The maximum Gasteiger partial charge on any atom is 0.265 e. The number of amidine groups is 1. The quantitative estimate of drug-likeness (QED) is 0.714. The Kier molecular flexibility index (Phi) is 7.26. The van der Waals surface area contributed by atoms with Gasteiger partial charge in [0.05, 0.1) is 10.5 Å². The Morgan fingerprint density at radius 1 is 1.13 bits per heavy atom. The van der Waals surface area contributed by atoms with Gasteiger partial charge in [0, 0.05) is 18.7 Å². The summed E-state index contributed by atoms with van der Waals surface area (Å²) in [6, 6.07) is 14.5. The number of anilines is 1. The normalized spacial score (nSPS) is 15.0. The maximum atomic E-state index is 12.6. The molecule has 1 aliphatic rings. The minimum absolute atomic E-state index is 0.0877. The first-order valence-corrected chi connectivity index (χ1v) is 11.5. The summed E-state index contributed by atoms with van der Waals surface area (Å²) in [6.07, 6.45) is 2.66. The molecule has 0 saturated heterocycles. The number of nitrogens with zero attached hydrogens (tertiary/aromatic N) is 2. The van der Waals surface area contributed by atoms with Crippen LogP contribution in [0.3, 0.4) is 0 Å². The average molecular weight is 441 g/mol. The highest BCUT2D eigenvalue weighted by atomic mass is 32.2. The summed E-state index contributed by atoms with van der Waals surface area (Å²) < 4.78 is 33.3. The Labute approximate surface area is 182 Å². The van der Waals surface area contributed by atoms with E-state index < -0.39 is 22.0 Å². The number of carbonyl (C=O) groups excluding carboxylic acids is 1. The van der Waals surface area contributed by atoms with Crippen molar-refractivity contribution < 1.29 is 17.9 Å². The number of aliphatic imine (C=N–C) groups is 1. The van der Waals surface area contributed by atoms with E-state index in [1.807, 2.05) is 6.07 Å². The summed E-state index contributed by atoms with van der Waals surface area (Å²) >= 11 is 0. The number of benzene rings is 2. The van der Waals surface area contributed by atoms with E-state index in [0.717, 1.165) is 19.3 Å². The molecule has 0 aliphatic carbocycles. The fourth-order valence-corrected chi connectivity index (χ4v) is 4.13. The number of hydrogen-bond donors (Lipinski definition) is 2. The number of sulfonamides is 1. The van der Waals surface area contributed by atoms with Crippen LogP contribution in [0.1, 0.15) is 38.2 Å². The predicted molar refractivity (Wildman–Crippen MR) is 117 cm³/mol. The third-order valence-electron chi connectivity index (χ3n) is 4.74. The summed E-state index contributed by atoms with van der Waals surface area (Å²) in [6.45, 7) is 2.20. The van der Waals surface area contributed by atoms with Crippen LogP contribution in [-0.2, 0) is 14.8 Å². The molecule has 1 unspecified atom stereocenters. The molecule has 0 saturated carbocycles. The number of amides is 1. The van der Waals surface area contributed by atoms with Crippen molar-refractivity contribution in [1.29, 1.82) is 5.26 Å². The Bertz CT molecular complexity index is 1110. The molecule has 1 amide bonds. The molecule has 0 aromatic heterocycles. The Morgan fingerprint density at radius 2 is 1.87 bits per heavy atom. The number of rotatable bonds is 6. The number of para-hydroxylation sites is 1. The number of carbonyl (C=O) groups is 1. The largest absolute Gasteiger partial charge is 0.480 e. The van der Waals surface area contributed by atoms with E-state index in [-0.39, 0.29) is 4.90 Å². The van der Waals surface area contributed by atoms with Crippen molar-refractivity contribution in [2.75, 3.05) is 11.9 Å². The highest BCUT2D eigenvalue weighted by molar-refractivity contribution is 7.90. The van der Waals surface area contributed by atoms with Gasteiger partial charge in [-0.05, 0) is 56.2 Å². The summed E-state index contributed by atoms with van der Waals surface area (Å²) in [5.74, 6) is 0.384. The van der Waals surface area contributed by atoms with Gasteiger partial charge in [-0.25, -0.2) is 8.42 Å². The Balaban J connectivity index is 1.62. The zero-order valence-corrected chi connectivity index (χ0v) is 18.0. The van der Waals surface area contributed by atoms with Crippen molar-refractivity contribution in [3.8, 4) is 11.8 Å². The van der Waals surface area contributed by atoms with Crippen LogP contribution in [0.4, 0.5) is 5.69 Å². The van der Waals surface area contributed by atoms with Gasteiger partial charge in [0.2, 0.25) is 0 Å². The zero-order valence-electron chi connectivity index (χ0n) is 17.2. The first-order chi connectivity index (χ1) is 14.9. The first kappa shape index (κ1) is 22.3. The molecule has 1 heterocycles. The lowest BCUT2D eigenvalue weighted by atomic mass is 10.2. The van der Waals surface area contributed by atoms with Crippen LogP contribution in [0.2, 0.25) is 0 Å². The number of nitriles is 1. The molecule has 0 bridgehead atoms. The van der Waals surface area contributed by atoms with E-state index in [1.54, 1.807) is 31.2 Å². The molecule has 2 N–H and O–H groups in total. The summed E-state index contributed by atoms with van der Waals surface area (Å²) in [4.78, 5) is 16.8. The van der Waals surface area contributed by atoms with Crippen LogP contribution < -0.4 is 14.8 Å². The zero-order chi connectivity index (χ0) is 22.3. The second-order valence-corrected chi connectivity index (χ2v) is 8.81. The van der Waals surface area contributed by atoms with Crippen molar-refractivity contribution in [2.24, 2.45) is 4.99 Å². The van der Waals surface area contributed by atoms with Crippen LogP contribution in [0.25, 0.3) is 0 Å². The highest BCUT2D eigenvalue weighted by Crippen LogP contribution is 2.19. The Morgan fingerprint density at radius 3 is 2.61 bits per heavy atom. The van der Waals surface area contributed by atoms with Crippen molar-refractivity contribution in [2.45, 2.75) is 43.6 Å². The van der Waals surface area contributed by atoms with Crippen molar-refractivity contribution in [1.82, 2.24) is 4.72 Å². The summed E-state index contributed by atoms with van der Waals surface area (Å²) in [5, 5.41) is 11.8. The van der Waals surface area contributed by atoms with Gasteiger partial charge < -0.3 is 10.1 Å². The smallest absolute Gasteiger partial charge is 0.265 e. The van der Waals surface area contributed by atoms with Crippen LogP contribution in [0.15, 0.2) is 58.4 Å². The predicted octanol–water partition coefficient (Wildman–Crippen LogP) is 3.22. The highest BCUT2D eigenvalue weighted by Gasteiger charge is 2.19. The van der Waals surface area contributed by atoms with Gasteiger partial charge in [0.25, 0.3) is 15.9 Å². The lowest BCUT2D eigenvalue weighted by molar-refractivity contribution is -0.122. The molecular weight excluding hydrogens is 416 g/mol. The molecule has 0 radical (unpaired) electrons. The standard InChI is InChI=1S/C22H24N4O4S/c1-16(30-20-8-5-4-7-17(20)15-23)22(27)25-18-10-12-19(13-11-18)31(28,29)26-21-9-3-2-6-14-24-21/h4-5,7-8,10-13,16H,2-3,6,9,14H2,1H3,(H,24,26)(H,25,27). The topological polar surface area (TPSA) is 121 Å². The number of nitrogens with one attached hydrogen (secondary N) is 2. The molecular formula is C22H24N4O4S. The molecule has 3 rings (SSSR count). The molecule has 2 aromatic rings. The van der Waals surface area contributed by atoms with Gasteiger partial charge in [-0.15, -0.1) is 0 Å². The fraction of sp³-hybridized carbons (Fsp3) is 0.318. The minimum Gasteiger partial charge on any atom is -0.480 e. The SMILES string of the molecule is CC(Oc1ccccc1C#N)C(=O)Nc1ccc(S(=O)(=O)NC2=NCCCCC2)cc1. The van der Waals surface area contributed by atoms with E-state index in [4.69, 9.17) is 10.00 Å².